The van der Waals surface area contributed by atoms with Crippen LogP contribution in [0, 0.1) is 0 Å². The average Bonchev–Trinajstić information content (AvgIpc) is 2.72. The van der Waals surface area contributed by atoms with E-state index in [9.17, 15) is 4.79 Å². The molecule has 1 aromatic heterocycles. The van der Waals surface area contributed by atoms with Gasteiger partial charge in [-0.2, -0.15) is 0 Å². The summed E-state index contributed by atoms with van der Waals surface area (Å²) in [6.07, 6.45) is 3.45. The number of hydrogen-bond acceptors (Lipinski definition) is 5. The fourth-order valence-electron chi connectivity index (χ4n) is 2.86. The summed E-state index contributed by atoms with van der Waals surface area (Å²) in [5, 5.41) is 6.44. The second-order valence-corrected chi connectivity index (χ2v) is 7.45. The molecule has 0 aliphatic carbocycles. The van der Waals surface area contributed by atoms with Crippen LogP contribution in [0.15, 0.2) is 36.5 Å². The highest BCUT2D eigenvalue weighted by Gasteiger charge is 2.09. The van der Waals surface area contributed by atoms with Gasteiger partial charge in [0.05, 0.1) is 18.2 Å². The monoisotopic (exact) mass is 438 g/mol. The van der Waals surface area contributed by atoms with Crippen molar-refractivity contribution in [2.75, 3.05) is 44.7 Å². The molecule has 1 fully saturated rings. The van der Waals surface area contributed by atoms with Crippen LogP contribution in [-0.4, -0.2) is 55.3 Å². The van der Waals surface area contributed by atoms with Crippen molar-refractivity contribution >= 4 is 34.9 Å². The maximum Gasteiger partial charge on any atom is 0.319 e. The molecule has 0 bridgehead atoms. The van der Waals surface area contributed by atoms with E-state index < -0.39 is 0 Å². The van der Waals surface area contributed by atoms with Gasteiger partial charge in [0.1, 0.15) is 10.8 Å². The number of rotatable bonds is 8. The lowest BCUT2D eigenvalue weighted by molar-refractivity contribution is 0.0372. The maximum absolute atomic E-state index is 12.0. The Bertz CT molecular complexity index is 799. The molecule has 0 radical (unpaired) electrons. The van der Waals surface area contributed by atoms with Crippen LogP contribution in [0.5, 0.6) is 11.6 Å². The predicted molar refractivity (Wildman–Crippen MR) is 114 cm³/mol. The Hall–Kier alpha value is -2.06. The number of pyridine rings is 1. The molecule has 2 heterocycles. The van der Waals surface area contributed by atoms with Crippen molar-refractivity contribution in [2.45, 2.75) is 12.8 Å². The number of carbonyl (C=O) groups is 1. The Morgan fingerprint density at radius 2 is 1.93 bits per heavy atom. The third kappa shape index (κ3) is 7.36. The number of morpholine rings is 1. The minimum absolute atomic E-state index is 0.229. The zero-order valence-corrected chi connectivity index (χ0v) is 17.5. The summed E-state index contributed by atoms with van der Waals surface area (Å²) in [5.74, 6) is 0.822. The summed E-state index contributed by atoms with van der Waals surface area (Å²) < 4.78 is 11.0. The summed E-state index contributed by atoms with van der Waals surface area (Å²) in [7, 11) is 0. The summed E-state index contributed by atoms with van der Waals surface area (Å²) in [4.78, 5) is 18.4. The van der Waals surface area contributed by atoms with Gasteiger partial charge in [-0.25, -0.2) is 9.78 Å². The third-order valence-corrected chi connectivity index (χ3v) is 4.87. The molecular weight excluding hydrogens is 415 g/mol. The molecule has 7 nitrogen and oxygen atoms in total. The van der Waals surface area contributed by atoms with Gasteiger partial charge in [-0.05, 0) is 49.7 Å². The Balaban J connectivity index is 1.36. The number of carbonyl (C=O) groups excluding carboxylic acids is 1. The summed E-state index contributed by atoms with van der Waals surface area (Å²) >= 11 is 11.9. The number of nitrogens with one attached hydrogen (secondary N) is 2. The van der Waals surface area contributed by atoms with Gasteiger partial charge in [0, 0.05) is 31.5 Å². The summed E-state index contributed by atoms with van der Waals surface area (Å²) in [5.41, 5.74) is 0.665. The van der Waals surface area contributed by atoms with E-state index in [0.29, 0.717) is 28.0 Å². The van der Waals surface area contributed by atoms with E-state index in [-0.39, 0.29) is 11.9 Å². The number of aromatic nitrogens is 1. The van der Waals surface area contributed by atoms with Crippen LogP contribution in [0.4, 0.5) is 10.5 Å². The SMILES string of the molecule is O=C(NCCCCN1CCOCC1)Nc1ccc(Oc2ncc(Cl)cc2Cl)cc1. The van der Waals surface area contributed by atoms with E-state index in [1.165, 1.54) is 6.20 Å². The van der Waals surface area contributed by atoms with E-state index in [0.717, 1.165) is 45.7 Å². The summed E-state index contributed by atoms with van der Waals surface area (Å²) in [6.45, 7) is 5.29. The molecule has 2 amide bonds. The van der Waals surface area contributed by atoms with Crippen LogP contribution in [0.1, 0.15) is 12.8 Å². The van der Waals surface area contributed by atoms with Gasteiger partial charge in [-0.1, -0.05) is 23.2 Å². The number of halogens is 2. The van der Waals surface area contributed by atoms with Crippen molar-refractivity contribution in [1.82, 2.24) is 15.2 Å². The standard InChI is InChI=1S/C20H24Cl2N4O3/c21-15-13-18(22)19(24-14-15)29-17-5-3-16(4-6-17)25-20(27)23-7-1-2-8-26-9-11-28-12-10-26/h3-6,13-14H,1-2,7-12H2,(H2,23,25,27). The molecular formula is C20H24Cl2N4O3. The highest BCUT2D eigenvalue weighted by molar-refractivity contribution is 6.35. The Kier molecular flexibility index (Phi) is 8.37. The first-order valence-corrected chi connectivity index (χ1v) is 10.3. The number of hydrogen-bond donors (Lipinski definition) is 2. The zero-order valence-electron chi connectivity index (χ0n) is 16.0. The molecule has 1 saturated heterocycles. The topological polar surface area (TPSA) is 75.7 Å². The van der Waals surface area contributed by atoms with Crippen LogP contribution >= 0.6 is 23.2 Å². The molecule has 2 aromatic rings. The number of amides is 2. The lowest BCUT2D eigenvalue weighted by Gasteiger charge is -2.26. The number of anilines is 1. The molecule has 0 spiro atoms. The second kappa shape index (κ2) is 11.2. The summed E-state index contributed by atoms with van der Waals surface area (Å²) in [6, 6.07) is 8.28. The lowest BCUT2D eigenvalue weighted by atomic mass is 10.2. The molecule has 2 N–H and O–H groups in total. The van der Waals surface area contributed by atoms with Crippen LogP contribution in [0.3, 0.4) is 0 Å². The zero-order chi connectivity index (χ0) is 20.5. The number of benzene rings is 1. The third-order valence-electron chi connectivity index (χ3n) is 4.39. The Morgan fingerprint density at radius 3 is 2.66 bits per heavy atom. The van der Waals surface area contributed by atoms with Gasteiger partial charge in [-0.15, -0.1) is 0 Å². The van der Waals surface area contributed by atoms with Gasteiger partial charge in [-0.3, -0.25) is 4.90 Å². The smallest absolute Gasteiger partial charge is 0.319 e. The highest BCUT2D eigenvalue weighted by Crippen LogP contribution is 2.29. The lowest BCUT2D eigenvalue weighted by Crippen LogP contribution is -2.37. The van der Waals surface area contributed by atoms with Crippen molar-refractivity contribution in [3.63, 3.8) is 0 Å². The molecule has 0 atom stereocenters. The fraction of sp³-hybridized carbons (Fsp3) is 0.400. The Labute approximate surface area is 180 Å². The van der Waals surface area contributed by atoms with Crippen molar-refractivity contribution in [3.8, 4) is 11.6 Å². The molecule has 156 valence electrons. The molecule has 1 aliphatic heterocycles. The van der Waals surface area contributed by atoms with Crippen LogP contribution in [0.25, 0.3) is 0 Å². The van der Waals surface area contributed by atoms with Gasteiger partial charge in [0.2, 0.25) is 5.88 Å². The van der Waals surface area contributed by atoms with Gasteiger partial charge < -0.3 is 20.1 Å². The minimum atomic E-state index is -0.229. The molecule has 1 aromatic carbocycles. The molecule has 29 heavy (non-hydrogen) atoms. The van der Waals surface area contributed by atoms with E-state index in [1.807, 2.05) is 0 Å². The maximum atomic E-state index is 12.0. The van der Waals surface area contributed by atoms with Crippen LogP contribution in [-0.2, 0) is 4.74 Å². The quantitative estimate of drug-likeness (QED) is 0.596. The Morgan fingerprint density at radius 1 is 1.17 bits per heavy atom. The number of unbranched alkanes of at least 4 members (excludes halogenated alkanes) is 1. The van der Waals surface area contributed by atoms with Crippen LogP contribution in [0.2, 0.25) is 10.0 Å². The van der Waals surface area contributed by atoms with Crippen molar-refractivity contribution in [3.05, 3.63) is 46.6 Å². The fourth-order valence-corrected chi connectivity index (χ4v) is 3.28. The van der Waals surface area contributed by atoms with Crippen molar-refractivity contribution in [2.24, 2.45) is 0 Å². The number of ether oxygens (including phenoxy) is 2. The van der Waals surface area contributed by atoms with Gasteiger partial charge in [0.15, 0.2) is 0 Å². The molecule has 9 heteroatoms. The number of nitrogens with zero attached hydrogens (tertiary/aromatic N) is 2. The first-order valence-electron chi connectivity index (χ1n) is 9.54. The first kappa shape index (κ1) is 21.6. The highest BCUT2D eigenvalue weighted by atomic mass is 35.5. The number of urea groups is 1. The van der Waals surface area contributed by atoms with Crippen LogP contribution < -0.4 is 15.4 Å². The predicted octanol–water partition coefficient (Wildman–Crippen LogP) is 4.41. The largest absolute Gasteiger partial charge is 0.438 e. The normalized spacial score (nSPS) is 14.4. The van der Waals surface area contributed by atoms with Crippen molar-refractivity contribution < 1.29 is 14.3 Å². The molecule has 1 aliphatic rings. The van der Waals surface area contributed by atoms with Crippen molar-refractivity contribution in [1.29, 1.82) is 0 Å². The van der Waals surface area contributed by atoms with E-state index in [4.69, 9.17) is 32.7 Å². The van der Waals surface area contributed by atoms with Gasteiger partial charge in [0.25, 0.3) is 0 Å². The molecule has 0 unspecified atom stereocenters. The van der Waals surface area contributed by atoms with Gasteiger partial charge >= 0.3 is 6.03 Å². The first-order chi connectivity index (χ1) is 14.1. The van der Waals surface area contributed by atoms with E-state index in [1.54, 1.807) is 30.3 Å². The van der Waals surface area contributed by atoms with E-state index >= 15 is 0 Å². The van der Waals surface area contributed by atoms with E-state index in [2.05, 4.69) is 20.5 Å². The second-order valence-electron chi connectivity index (χ2n) is 6.61. The molecule has 3 rings (SSSR count). The molecule has 0 saturated carbocycles. The minimum Gasteiger partial charge on any atom is -0.438 e. The average molecular weight is 439 g/mol.